The molecular formula is C13H17ClN2O. The molecule has 0 radical (unpaired) electrons. The second-order valence-electron chi connectivity index (χ2n) is 4.51. The Labute approximate surface area is 107 Å². The van der Waals surface area contributed by atoms with E-state index in [2.05, 4.69) is 11.9 Å². The fraction of sp³-hybridized carbons (Fsp3) is 0.538. The summed E-state index contributed by atoms with van der Waals surface area (Å²) in [6.45, 7) is 3.86. The van der Waals surface area contributed by atoms with Crippen LogP contribution in [0.1, 0.15) is 36.5 Å². The van der Waals surface area contributed by atoms with Crippen LogP contribution in [-0.4, -0.2) is 28.9 Å². The van der Waals surface area contributed by atoms with Crippen molar-refractivity contribution in [3.05, 3.63) is 29.0 Å². The van der Waals surface area contributed by atoms with Crippen LogP contribution in [0.3, 0.4) is 0 Å². The highest BCUT2D eigenvalue weighted by Crippen LogP contribution is 2.22. The zero-order valence-corrected chi connectivity index (χ0v) is 10.8. The maximum Gasteiger partial charge on any atom is 0.256 e. The molecule has 3 nitrogen and oxygen atoms in total. The Balaban J connectivity index is 2.12. The molecule has 4 heteroatoms. The first-order valence-electron chi connectivity index (χ1n) is 6.12. The lowest BCUT2D eigenvalue weighted by Gasteiger charge is -2.32. The van der Waals surface area contributed by atoms with Crippen LogP contribution < -0.4 is 0 Å². The van der Waals surface area contributed by atoms with E-state index in [0.29, 0.717) is 16.6 Å². The predicted octanol–water partition coefficient (Wildman–Crippen LogP) is 3.00. The van der Waals surface area contributed by atoms with E-state index in [0.717, 1.165) is 25.9 Å². The Morgan fingerprint density at radius 2 is 2.47 bits per heavy atom. The molecule has 0 saturated carbocycles. The molecule has 0 N–H and O–H groups in total. The van der Waals surface area contributed by atoms with Crippen LogP contribution in [-0.2, 0) is 0 Å². The first kappa shape index (κ1) is 12.4. The summed E-state index contributed by atoms with van der Waals surface area (Å²) in [4.78, 5) is 18.1. The van der Waals surface area contributed by atoms with E-state index in [4.69, 9.17) is 11.6 Å². The molecule has 0 aliphatic carbocycles. The van der Waals surface area contributed by atoms with Crippen LogP contribution in [0.4, 0.5) is 0 Å². The van der Waals surface area contributed by atoms with Crippen LogP contribution in [0.25, 0.3) is 0 Å². The van der Waals surface area contributed by atoms with Gasteiger partial charge >= 0.3 is 0 Å². The maximum atomic E-state index is 12.3. The number of aromatic nitrogens is 1. The maximum absolute atomic E-state index is 12.3. The first-order chi connectivity index (χ1) is 8.22. The molecule has 1 atom stereocenters. The number of hydrogen-bond acceptors (Lipinski definition) is 2. The minimum absolute atomic E-state index is 0.0150. The van der Waals surface area contributed by atoms with Gasteiger partial charge in [-0.15, -0.1) is 0 Å². The van der Waals surface area contributed by atoms with Gasteiger partial charge in [-0.2, -0.15) is 0 Å². The van der Waals surface area contributed by atoms with Gasteiger partial charge in [-0.3, -0.25) is 4.79 Å². The number of carbonyl (C=O) groups is 1. The Morgan fingerprint density at radius 3 is 3.18 bits per heavy atom. The molecule has 17 heavy (non-hydrogen) atoms. The number of carbonyl (C=O) groups excluding carboxylic acids is 1. The number of pyridine rings is 1. The number of amides is 1. The van der Waals surface area contributed by atoms with Crippen molar-refractivity contribution in [3.8, 4) is 0 Å². The van der Waals surface area contributed by atoms with Gasteiger partial charge in [0.05, 0.1) is 5.56 Å². The number of nitrogens with zero attached hydrogens (tertiary/aromatic N) is 2. The third kappa shape index (κ3) is 2.78. The summed E-state index contributed by atoms with van der Waals surface area (Å²) in [6, 6.07) is 3.49. The number of likely N-dealkylation sites (tertiary alicyclic amines) is 1. The van der Waals surface area contributed by atoms with Crippen LogP contribution in [0.5, 0.6) is 0 Å². The van der Waals surface area contributed by atoms with E-state index < -0.39 is 0 Å². The van der Waals surface area contributed by atoms with Gasteiger partial charge in [-0.1, -0.05) is 24.9 Å². The fourth-order valence-electron chi connectivity index (χ4n) is 2.30. The summed E-state index contributed by atoms with van der Waals surface area (Å²) in [5.74, 6) is 0.643. The van der Waals surface area contributed by atoms with Gasteiger partial charge in [-0.05, 0) is 30.9 Å². The van der Waals surface area contributed by atoms with Gasteiger partial charge < -0.3 is 4.90 Å². The van der Waals surface area contributed by atoms with Crippen LogP contribution in [0.15, 0.2) is 18.3 Å². The number of hydrogen-bond donors (Lipinski definition) is 0. The minimum atomic E-state index is 0.0150. The Hall–Kier alpha value is -1.09. The fourth-order valence-corrected chi connectivity index (χ4v) is 2.50. The summed E-state index contributed by atoms with van der Waals surface area (Å²) in [5.41, 5.74) is 0.519. The third-order valence-electron chi connectivity index (χ3n) is 3.37. The summed E-state index contributed by atoms with van der Waals surface area (Å²) in [6.07, 6.45) is 5.04. The van der Waals surface area contributed by atoms with Gasteiger partial charge in [0.25, 0.3) is 5.91 Å². The van der Waals surface area contributed by atoms with Crippen molar-refractivity contribution in [1.82, 2.24) is 9.88 Å². The van der Waals surface area contributed by atoms with Crippen LogP contribution in [0.2, 0.25) is 5.15 Å². The molecule has 1 aliphatic rings. The van der Waals surface area contributed by atoms with E-state index in [1.807, 2.05) is 4.90 Å². The lowest BCUT2D eigenvalue weighted by atomic mass is 9.95. The second-order valence-corrected chi connectivity index (χ2v) is 4.87. The average Bonchev–Trinajstić information content (AvgIpc) is 2.38. The van der Waals surface area contributed by atoms with Crippen molar-refractivity contribution < 1.29 is 4.79 Å². The standard InChI is InChI=1S/C13H17ClN2O/c1-2-10-5-4-8-16(9-10)13(17)11-6-3-7-15-12(11)14/h3,6-7,10H,2,4-5,8-9H2,1H3. The average molecular weight is 253 g/mol. The molecule has 0 aromatic carbocycles. The van der Waals surface area contributed by atoms with E-state index in [1.54, 1.807) is 18.3 Å². The van der Waals surface area contributed by atoms with Crippen LogP contribution in [0, 0.1) is 5.92 Å². The summed E-state index contributed by atoms with van der Waals surface area (Å²) >= 11 is 5.95. The molecule has 1 saturated heterocycles. The zero-order chi connectivity index (χ0) is 12.3. The molecule has 1 aromatic heterocycles. The molecule has 1 amide bonds. The van der Waals surface area contributed by atoms with Gasteiger partial charge in [0.2, 0.25) is 0 Å². The van der Waals surface area contributed by atoms with Crippen molar-refractivity contribution in [2.45, 2.75) is 26.2 Å². The lowest BCUT2D eigenvalue weighted by molar-refractivity contribution is 0.0671. The smallest absolute Gasteiger partial charge is 0.256 e. The molecule has 92 valence electrons. The lowest BCUT2D eigenvalue weighted by Crippen LogP contribution is -2.39. The second kappa shape index (κ2) is 5.50. The molecule has 1 aliphatic heterocycles. The molecule has 0 spiro atoms. The van der Waals surface area contributed by atoms with E-state index in [1.165, 1.54) is 6.42 Å². The highest BCUT2D eigenvalue weighted by Gasteiger charge is 2.24. The quantitative estimate of drug-likeness (QED) is 0.758. The van der Waals surface area contributed by atoms with Gasteiger partial charge in [0.15, 0.2) is 0 Å². The first-order valence-corrected chi connectivity index (χ1v) is 6.50. The normalized spacial score (nSPS) is 20.4. The van der Waals surface area contributed by atoms with Crippen molar-refractivity contribution in [1.29, 1.82) is 0 Å². The van der Waals surface area contributed by atoms with Crippen LogP contribution >= 0.6 is 11.6 Å². The molecule has 1 aromatic rings. The summed E-state index contributed by atoms with van der Waals surface area (Å²) in [7, 11) is 0. The Morgan fingerprint density at radius 1 is 1.65 bits per heavy atom. The molecule has 0 bridgehead atoms. The van der Waals surface area contributed by atoms with E-state index >= 15 is 0 Å². The minimum Gasteiger partial charge on any atom is -0.338 e. The van der Waals surface area contributed by atoms with Crippen molar-refractivity contribution in [2.24, 2.45) is 5.92 Å². The molecule has 1 fully saturated rings. The molecule has 2 heterocycles. The monoisotopic (exact) mass is 252 g/mol. The SMILES string of the molecule is CCC1CCCN(C(=O)c2cccnc2Cl)C1. The molecule has 1 unspecified atom stereocenters. The highest BCUT2D eigenvalue weighted by atomic mass is 35.5. The zero-order valence-electron chi connectivity index (χ0n) is 10.0. The highest BCUT2D eigenvalue weighted by molar-refractivity contribution is 6.32. The third-order valence-corrected chi connectivity index (χ3v) is 3.67. The Kier molecular flexibility index (Phi) is 4.00. The van der Waals surface area contributed by atoms with Crippen molar-refractivity contribution in [2.75, 3.05) is 13.1 Å². The van der Waals surface area contributed by atoms with E-state index in [9.17, 15) is 4.79 Å². The molecular weight excluding hydrogens is 236 g/mol. The van der Waals surface area contributed by atoms with Gasteiger partial charge in [0.1, 0.15) is 5.15 Å². The van der Waals surface area contributed by atoms with Gasteiger partial charge in [-0.25, -0.2) is 4.98 Å². The Bertz CT molecular complexity index is 408. The molecule has 2 rings (SSSR count). The van der Waals surface area contributed by atoms with Crippen molar-refractivity contribution >= 4 is 17.5 Å². The van der Waals surface area contributed by atoms with E-state index in [-0.39, 0.29) is 5.91 Å². The number of piperidine rings is 1. The topological polar surface area (TPSA) is 33.2 Å². The number of rotatable bonds is 2. The van der Waals surface area contributed by atoms with Crippen molar-refractivity contribution in [3.63, 3.8) is 0 Å². The number of halogens is 1. The summed E-state index contributed by atoms with van der Waals surface area (Å²) < 4.78 is 0. The largest absolute Gasteiger partial charge is 0.338 e. The predicted molar refractivity (Wildman–Crippen MR) is 68.2 cm³/mol. The summed E-state index contributed by atoms with van der Waals surface area (Å²) in [5, 5.41) is 0.302. The van der Waals surface area contributed by atoms with Gasteiger partial charge in [0, 0.05) is 19.3 Å².